The van der Waals surface area contributed by atoms with Crippen molar-refractivity contribution >= 4 is 39.1 Å². The van der Waals surface area contributed by atoms with Gasteiger partial charge >= 0.3 is 6.18 Å². The van der Waals surface area contributed by atoms with Gasteiger partial charge in [-0.3, -0.25) is 13.9 Å². The first-order valence-corrected chi connectivity index (χ1v) is 16.2. The summed E-state index contributed by atoms with van der Waals surface area (Å²) < 4.78 is 80.9. The standard InChI is InChI=1S/C31H32ClF4N3O4S/c1-44(42,43)39(25-15-16-27(32)26(18-25)31(34,35)36)20-29(40)38(19-22-11-13-23(33)14-12-22)28(17-21-7-3-2-4-8-21)30(41)37-24-9-5-6-10-24/h2-4,7-8,11-16,18,24,28H,5-6,9-10,17,19-20H2,1H3,(H,37,41)/t28-/m0/s1. The van der Waals surface area contributed by atoms with Crippen LogP contribution in [0.25, 0.3) is 0 Å². The highest BCUT2D eigenvalue weighted by Gasteiger charge is 2.37. The molecule has 44 heavy (non-hydrogen) atoms. The number of halogens is 5. The molecule has 1 atom stereocenters. The van der Waals surface area contributed by atoms with Gasteiger partial charge in [-0.15, -0.1) is 0 Å². The number of hydrogen-bond donors (Lipinski definition) is 1. The monoisotopic (exact) mass is 653 g/mol. The fraction of sp³-hybridized carbons (Fsp3) is 0.355. The van der Waals surface area contributed by atoms with E-state index in [1.165, 1.54) is 29.2 Å². The summed E-state index contributed by atoms with van der Waals surface area (Å²) in [5, 5.41) is 2.38. The fourth-order valence-corrected chi connectivity index (χ4v) is 6.27. The molecule has 4 rings (SSSR count). The zero-order valence-electron chi connectivity index (χ0n) is 23.9. The van der Waals surface area contributed by atoms with Crippen LogP contribution >= 0.6 is 11.6 Å². The molecule has 1 fully saturated rings. The van der Waals surface area contributed by atoms with Gasteiger partial charge in [0, 0.05) is 19.0 Å². The van der Waals surface area contributed by atoms with Crippen molar-refractivity contribution in [3.05, 3.63) is 100 Å². The van der Waals surface area contributed by atoms with Crippen molar-refractivity contribution in [2.75, 3.05) is 17.1 Å². The number of carbonyl (C=O) groups is 2. The molecule has 0 spiro atoms. The van der Waals surface area contributed by atoms with Crippen molar-refractivity contribution in [1.29, 1.82) is 0 Å². The number of carbonyl (C=O) groups excluding carboxylic acids is 2. The number of anilines is 1. The zero-order valence-corrected chi connectivity index (χ0v) is 25.4. The predicted octanol–water partition coefficient (Wildman–Crippen LogP) is 5.96. The maximum Gasteiger partial charge on any atom is 0.417 e. The molecule has 7 nitrogen and oxygen atoms in total. The van der Waals surface area contributed by atoms with Crippen LogP contribution < -0.4 is 9.62 Å². The smallest absolute Gasteiger partial charge is 0.352 e. The van der Waals surface area contributed by atoms with Crippen LogP contribution in [0.1, 0.15) is 42.4 Å². The summed E-state index contributed by atoms with van der Waals surface area (Å²) in [5.41, 5.74) is -0.500. The molecule has 1 saturated carbocycles. The number of sulfonamides is 1. The highest BCUT2D eigenvalue weighted by molar-refractivity contribution is 7.92. The number of nitrogens with zero attached hydrogens (tertiary/aromatic N) is 2. The largest absolute Gasteiger partial charge is 0.417 e. The lowest BCUT2D eigenvalue weighted by Crippen LogP contribution is -2.54. The van der Waals surface area contributed by atoms with Crippen LogP contribution in [-0.4, -0.2) is 50.0 Å². The molecule has 236 valence electrons. The lowest BCUT2D eigenvalue weighted by atomic mass is 10.0. The van der Waals surface area contributed by atoms with E-state index in [1.54, 1.807) is 30.3 Å². The minimum absolute atomic E-state index is 0.0738. The molecule has 0 saturated heterocycles. The van der Waals surface area contributed by atoms with Crippen LogP contribution in [-0.2, 0) is 38.8 Å². The molecule has 0 unspecified atom stereocenters. The van der Waals surface area contributed by atoms with Crippen molar-refractivity contribution < 1.29 is 35.6 Å². The topological polar surface area (TPSA) is 86.8 Å². The SMILES string of the molecule is CS(=O)(=O)N(CC(=O)N(Cc1ccc(F)cc1)[C@@H](Cc1ccccc1)C(=O)NC1CCCC1)c1ccc(Cl)c(C(F)(F)F)c1. The van der Waals surface area contributed by atoms with Crippen LogP contribution in [0.15, 0.2) is 72.8 Å². The van der Waals surface area contributed by atoms with E-state index >= 15 is 0 Å². The minimum atomic E-state index is -4.88. The van der Waals surface area contributed by atoms with Gasteiger partial charge in [-0.25, -0.2) is 12.8 Å². The summed E-state index contributed by atoms with van der Waals surface area (Å²) in [4.78, 5) is 29.1. The van der Waals surface area contributed by atoms with Gasteiger partial charge in [0.1, 0.15) is 18.4 Å². The summed E-state index contributed by atoms with van der Waals surface area (Å²) in [5.74, 6) is -1.81. The van der Waals surface area contributed by atoms with Crippen molar-refractivity contribution in [2.24, 2.45) is 0 Å². The molecule has 0 bridgehead atoms. The number of amides is 2. The maximum absolute atomic E-state index is 14.1. The summed E-state index contributed by atoms with van der Waals surface area (Å²) in [7, 11) is -4.30. The normalized spacial score (nSPS) is 14.7. The maximum atomic E-state index is 14.1. The third kappa shape index (κ3) is 8.72. The van der Waals surface area contributed by atoms with Gasteiger partial charge in [-0.05, 0) is 54.3 Å². The molecular formula is C31H32ClF4N3O4S. The zero-order chi connectivity index (χ0) is 32.1. The highest BCUT2D eigenvalue weighted by atomic mass is 35.5. The van der Waals surface area contributed by atoms with Gasteiger partial charge in [-0.1, -0.05) is 66.9 Å². The molecule has 2 amide bonds. The van der Waals surface area contributed by atoms with Crippen molar-refractivity contribution in [3.63, 3.8) is 0 Å². The van der Waals surface area contributed by atoms with E-state index in [1.807, 2.05) is 0 Å². The Morgan fingerprint density at radius 1 is 0.977 bits per heavy atom. The first-order chi connectivity index (χ1) is 20.7. The average Bonchev–Trinajstić information content (AvgIpc) is 3.47. The lowest BCUT2D eigenvalue weighted by molar-refractivity contribution is -0.140. The molecule has 13 heteroatoms. The number of hydrogen-bond acceptors (Lipinski definition) is 4. The van der Waals surface area contributed by atoms with Gasteiger partial charge in [0.2, 0.25) is 21.8 Å². The van der Waals surface area contributed by atoms with Gasteiger partial charge in [-0.2, -0.15) is 13.2 Å². The average molecular weight is 654 g/mol. The fourth-order valence-electron chi connectivity index (χ4n) is 5.21. The molecule has 1 N–H and O–H groups in total. The van der Waals surface area contributed by atoms with Crippen LogP contribution in [0.3, 0.4) is 0 Å². The molecule has 1 aliphatic carbocycles. The Hall–Kier alpha value is -3.64. The van der Waals surface area contributed by atoms with Crippen LogP contribution in [0.4, 0.5) is 23.2 Å². The predicted molar refractivity (Wildman–Crippen MR) is 160 cm³/mol. The summed E-state index contributed by atoms with van der Waals surface area (Å²) in [6, 6.07) is 15.5. The van der Waals surface area contributed by atoms with Gasteiger partial charge in [0.25, 0.3) is 0 Å². The molecule has 3 aromatic rings. The molecule has 0 heterocycles. The third-order valence-electron chi connectivity index (χ3n) is 7.46. The second kappa shape index (κ2) is 14.0. The van der Waals surface area contributed by atoms with Gasteiger partial charge < -0.3 is 10.2 Å². The number of rotatable bonds is 11. The lowest BCUT2D eigenvalue weighted by Gasteiger charge is -2.34. The first kappa shape index (κ1) is 33.3. The number of nitrogens with one attached hydrogen (secondary N) is 1. The van der Waals surface area contributed by atoms with E-state index in [-0.39, 0.29) is 19.0 Å². The summed E-state index contributed by atoms with van der Waals surface area (Å²) in [6.45, 7) is -1.10. The van der Waals surface area contributed by atoms with Crippen molar-refractivity contribution in [1.82, 2.24) is 10.2 Å². The van der Waals surface area contributed by atoms with Crippen molar-refractivity contribution in [2.45, 2.75) is 56.9 Å². The Bertz CT molecular complexity index is 1560. The molecule has 3 aromatic carbocycles. The van der Waals surface area contributed by atoms with E-state index in [9.17, 15) is 35.6 Å². The van der Waals surface area contributed by atoms with E-state index in [0.29, 0.717) is 15.9 Å². The number of benzene rings is 3. The van der Waals surface area contributed by atoms with E-state index in [0.717, 1.165) is 49.6 Å². The quantitative estimate of drug-likeness (QED) is 0.259. The van der Waals surface area contributed by atoms with E-state index < -0.39 is 62.7 Å². The second-order valence-corrected chi connectivity index (χ2v) is 13.1. The molecule has 0 aromatic heterocycles. The van der Waals surface area contributed by atoms with E-state index in [4.69, 9.17) is 11.6 Å². The Balaban J connectivity index is 1.75. The second-order valence-electron chi connectivity index (χ2n) is 10.8. The molecule has 1 aliphatic rings. The Morgan fingerprint density at radius 3 is 2.20 bits per heavy atom. The Kier molecular flexibility index (Phi) is 10.6. The molecule has 0 radical (unpaired) electrons. The Labute approximate surface area is 258 Å². The first-order valence-electron chi connectivity index (χ1n) is 13.9. The van der Waals surface area contributed by atoms with Crippen molar-refractivity contribution in [3.8, 4) is 0 Å². The summed E-state index contributed by atoms with van der Waals surface area (Å²) >= 11 is 5.75. The van der Waals surface area contributed by atoms with Crippen LogP contribution in [0, 0.1) is 5.82 Å². The van der Waals surface area contributed by atoms with Crippen LogP contribution in [0.5, 0.6) is 0 Å². The minimum Gasteiger partial charge on any atom is -0.352 e. The van der Waals surface area contributed by atoms with Gasteiger partial charge in [0.15, 0.2) is 0 Å². The highest BCUT2D eigenvalue weighted by Crippen LogP contribution is 2.37. The number of alkyl halides is 3. The molecular weight excluding hydrogens is 622 g/mol. The third-order valence-corrected chi connectivity index (χ3v) is 8.93. The summed E-state index contributed by atoms with van der Waals surface area (Å²) in [6.07, 6.45) is -0.613. The van der Waals surface area contributed by atoms with Gasteiger partial charge in [0.05, 0.1) is 22.5 Å². The molecule has 0 aliphatic heterocycles. The Morgan fingerprint density at radius 2 is 1.61 bits per heavy atom. The van der Waals surface area contributed by atoms with Crippen LogP contribution in [0.2, 0.25) is 5.02 Å². The van der Waals surface area contributed by atoms with E-state index in [2.05, 4.69) is 5.32 Å².